The second-order valence-electron chi connectivity index (χ2n) is 11.6. The van der Waals surface area contributed by atoms with Crippen molar-refractivity contribution >= 4 is 23.8 Å². The summed E-state index contributed by atoms with van der Waals surface area (Å²) >= 11 is 0. The van der Waals surface area contributed by atoms with E-state index in [1.165, 1.54) is 15.9 Å². The number of nitrogens with zero attached hydrogens (tertiary/aromatic N) is 4. The monoisotopic (exact) mass is 556 g/mol. The Morgan fingerprint density at radius 2 is 1.93 bits per heavy atom. The highest BCUT2D eigenvalue weighted by Gasteiger charge is 2.47. The van der Waals surface area contributed by atoms with Crippen molar-refractivity contribution in [1.82, 2.24) is 14.7 Å². The number of hydrogen-bond donors (Lipinski definition) is 2. The molecule has 3 aliphatic heterocycles. The molecule has 0 aliphatic carbocycles. The molecule has 3 aliphatic rings. The minimum Gasteiger partial charge on any atom is -0.362 e. The van der Waals surface area contributed by atoms with Crippen molar-refractivity contribution in [3.05, 3.63) is 64.2 Å². The quantitative estimate of drug-likeness (QED) is 0.404. The number of alkyl halides is 3. The molecule has 3 heterocycles. The van der Waals surface area contributed by atoms with Gasteiger partial charge in [0.05, 0.1) is 25.1 Å². The molecule has 0 aromatic heterocycles. The molecule has 2 aromatic rings. The molecule has 8 nitrogen and oxygen atoms in total. The fourth-order valence-corrected chi connectivity index (χ4v) is 6.10. The summed E-state index contributed by atoms with van der Waals surface area (Å²) in [5.74, 6) is -0.398. The molecule has 2 N–H and O–H groups in total. The van der Waals surface area contributed by atoms with Gasteiger partial charge in [-0.15, -0.1) is 0 Å². The van der Waals surface area contributed by atoms with Crippen LogP contribution in [0.3, 0.4) is 0 Å². The van der Waals surface area contributed by atoms with Crippen LogP contribution in [0.1, 0.15) is 52.9 Å². The second-order valence-corrected chi connectivity index (χ2v) is 11.6. The lowest BCUT2D eigenvalue weighted by atomic mass is 9.84. The number of anilines is 1. The molecule has 2 saturated heterocycles. The van der Waals surface area contributed by atoms with E-state index in [-0.39, 0.29) is 29.0 Å². The average Bonchev–Trinajstić information content (AvgIpc) is 3.19. The summed E-state index contributed by atoms with van der Waals surface area (Å²) in [5.41, 5.74) is -0.480. The third kappa shape index (κ3) is 4.80. The number of halogens is 3. The highest BCUT2D eigenvalue weighted by molar-refractivity contribution is 6.10. The number of carbonyl (C=O) groups excluding carboxylic acids is 1. The Hall–Kier alpha value is -3.28. The Bertz CT molecular complexity index is 1350. The molecule has 0 bridgehead atoms. The van der Waals surface area contributed by atoms with Crippen LogP contribution < -0.4 is 4.90 Å². The SMILES string of the molecule is CN1CCN(Cc2cc3c(c(C(F)(F)F)c2)CN(c2cccc(C4(C(=N)N(C)C=N)CCO4)c2)C3=O)C(C)(C)C1. The van der Waals surface area contributed by atoms with Gasteiger partial charge >= 0.3 is 6.18 Å². The predicted molar refractivity (Wildman–Crippen MR) is 147 cm³/mol. The van der Waals surface area contributed by atoms with Crippen LogP contribution in [0.15, 0.2) is 36.4 Å². The minimum atomic E-state index is -4.61. The van der Waals surface area contributed by atoms with E-state index >= 15 is 0 Å². The molecule has 2 aromatic carbocycles. The predicted octanol–water partition coefficient (Wildman–Crippen LogP) is 4.52. The van der Waals surface area contributed by atoms with Crippen molar-refractivity contribution in [2.45, 2.75) is 50.7 Å². The van der Waals surface area contributed by atoms with E-state index in [0.29, 0.717) is 36.4 Å². The number of carbonyl (C=O) groups is 1. The molecule has 0 radical (unpaired) electrons. The smallest absolute Gasteiger partial charge is 0.362 e. The van der Waals surface area contributed by atoms with Crippen molar-refractivity contribution < 1.29 is 22.7 Å². The van der Waals surface area contributed by atoms with Gasteiger partial charge in [0, 0.05) is 56.4 Å². The van der Waals surface area contributed by atoms with Crippen LogP contribution in [0.25, 0.3) is 0 Å². The first-order valence-corrected chi connectivity index (χ1v) is 13.3. The zero-order valence-electron chi connectivity index (χ0n) is 23.2. The summed E-state index contributed by atoms with van der Waals surface area (Å²) in [6, 6.07) is 9.70. The van der Waals surface area contributed by atoms with E-state index < -0.39 is 23.2 Å². The number of rotatable bonds is 6. The Kier molecular flexibility index (Phi) is 7.04. The molecule has 5 rings (SSSR count). The summed E-state index contributed by atoms with van der Waals surface area (Å²) in [5, 5.41) is 16.1. The van der Waals surface area contributed by atoms with Crippen molar-refractivity contribution in [2.24, 2.45) is 0 Å². The van der Waals surface area contributed by atoms with E-state index in [1.54, 1.807) is 37.4 Å². The lowest BCUT2D eigenvalue weighted by molar-refractivity contribution is -0.138. The van der Waals surface area contributed by atoms with Crippen LogP contribution in [-0.4, -0.2) is 78.7 Å². The van der Waals surface area contributed by atoms with Gasteiger partial charge in [-0.1, -0.05) is 12.1 Å². The first-order valence-electron chi connectivity index (χ1n) is 13.3. The minimum absolute atomic E-state index is 0.0184. The highest BCUT2D eigenvalue weighted by atomic mass is 19.4. The number of amides is 1. The van der Waals surface area contributed by atoms with Gasteiger partial charge in [0.2, 0.25) is 0 Å². The molecule has 2 fully saturated rings. The maximum Gasteiger partial charge on any atom is 0.416 e. The normalized spacial score (nSPS) is 23.1. The van der Waals surface area contributed by atoms with Gasteiger partial charge in [-0.2, -0.15) is 13.2 Å². The number of benzene rings is 2. The Morgan fingerprint density at radius 1 is 1.20 bits per heavy atom. The van der Waals surface area contributed by atoms with E-state index in [2.05, 4.69) is 23.6 Å². The number of fused-ring (bicyclic) bond motifs is 1. The first kappa shape index (κ1) is 28.3. The van der Waals surface area contributed by atoms with Crippen LogP contribution in [0.2, 0.25) is 0 Å². The molecule has 1 atom stereocenters. The number of nitrogens with one attached hydrogen (secondary N) is 2. The van der Waals surface area contributed by atoms with Gasteiger partial charge in [-0.05, 0) is 61.9 Å². The number of amidine groups is 1. The molecule has 40 heavy (non-hydrogen) atoms. The fraction of sp³-hybridized carbons (Fsp3) is 0.483. The zero-order valence-corrected chi connectivity index (χ0v) is 23.2. The first-order chi connectivity index (χ1) is 18.8. The lowest BCUT2D eigenvalue weighted by Crippen LogP contribution is -2.57. The van der Waals surface area contributed by atoms with Gasteiger partial charge < -0.3 is 19.4 Å². The summed E-state index contributed by atoms with van der Waals surface area (Å²) in [6.45, 7) is 7.07. The molecular formula is C29H35F3N6O2. The average molecular weight is 557 g/mol. The van der Waals surface area contributed by atoms with E-state index in [4.69, 9.17) is 15.6 Å². The molecule has 0 saturated carbocycles. The highest BCUT2D eigenvalue weighted by Crippen LogP contribution is 2.43. The third-order valence-electron chi connectivity index (χ3n) is 8.40. The summed E-state index contributed by atoms with van der Waals surface area (Å²) < 4.78 is 48.8. The fourth-order valence-electron chi connectivity index (χ4n) is 6.10. The molecule has 1 amide bonds. The standard InChI is InChI=1S/C29H35F3N6O2/c1-27(2)17-35(3)9-10-37(27)15-19-12-22-23(24(13-19)29(30,31)32)16-38(25(22)39)21-7-5-6-20(14-21)28(8-11-40-28)26(34)36(4)18-33/h5-7,12-14,18,33-34H,8-11,15-17H2,1-4H3. The number of ether oxygens (including phenoxy) is 1. The van der Waals surface area contributed by atoms with E-state index in [9.17, 15) is 18.0 Å². The van der Waals surface area contributed by atoms with E-state index in [1.807, 2.05) is 7.05 Å². The second kappa shape index (κ2) is 9.97. The number of hydrogen-bond acceptors (Lipinski definition) is 6. The lowest BCUT2D eigenvalue weighted by Gasteiger charge is -2.46. The topological polar surface area (TPSA) is 87.0 Å². The van der Waals surface area contributed by atoms with Crippen molar-refractivity contribution in [1.29, 1.82) is 10.8 Å². The van der Waals surface area contributed by atoms with Gasteiger partial charge in [-0.3, -0.25) is 20.5 Å². The molecule has 11 heteroatoms. The number of piperazine rings is 1. The number of likely N-dealkylation sites (N-methyl/N-ethyl adjacent to an activating group) is 2. The van der Waals surface area contributed by atoms with E-state index in [0.717, 1.165) is 26.0 Å². The van der Waals surface area contributed by atoms with Crippen LogP contribution >= 0.6 is 0 Å². The Morgan fingerprint density at radius 3 is 2.52 bits per heavy atom. The van der Waals surface area contributed by atoms with Crippen LogP contribution in [-0.2, 0) is 29.6 Å². The van der Waals surface area contributed by atoms with Crippen LogP contribution in [0.4, 0.5) is 18.9 Å². The van der Waals surface area contributed by atoms with Gasteiger partial charge in [0.15, 0.2) is 5.60 Å². The largest absolute Gasteiger partial charge is 0.416 e. The Labute approximate surface area is 232 Å². The molecule has 214 valence electrons. The third-order valence-corrected chi connectivity index (χ3v) is 8.40. The van der Waals surface area contributed by atoms with Gasteiger partial charge in [-0.25, -0.2) is 0 Å². The molecule has 1 unspecified atom stereocenters. The van der Waals surface area contributed by atoms with Gasteiger partial charge in [0.1, 0.15) is 5.84 Å². The zero-order chi connectivity index (χ0) is 29.0. The van der Waals surface area contributed by atoms with Crippen LogP contribution in [0.5, 0.6) is 0 Å². The summed E-state index contributed by atoms with van der Waals surface area (Å²) in [4.78, 5) is 20.7. The summed E-state index contributed by atoms with van der Waals surface area (Å²) in [7, 11) is 3.62. The summed E-state index contributed by atoms with van der Waals surface area (Å²) in [6.07, 6.45) is -3.06. The van der Waals surface area contributed by atoms with Crippen LogP contribution in [0, 0.1) is 10.8 Å². The van der Waals surface area contributed by atoms with Crippen molar-refractivity contribution in [3.8, 4) is 0 Å². The van der Waals surface area contributed by atoms with Gasteiger partial charge in [0.25, 0.3) is 5.91 Å². The molecule has 0 spiro atoms. The van der Waals surface area contributed by atoms with Crippen molar-refractivity contribution in [2.75, 3.05) is 45.2 Å². The molecular weight excluding hydrogens is 521 g/mol. The maximum atomic E-state index is 14.3. The maximum absolute atomic E-state index is 14.3. The Balaban J connectivity index is 1.48. The van der Waals surface area contributed by atoms with Crippen molar-refractivity contribution in [3.63, 3.8) is 0 Å².